The summed E-state index contributed by atoms with van der Waals surface area (Å²) in [6.07, 6.45) is 2.47. The molecule has 1 aromatic rings. The van der Waals surface area contributed by atoms with Crippen molar-refractivity contribution in [3.8, 4) is 5.75 Å². The van der Waals surface area contributed by atoms with E-state index in [2.05, 4.69) is 5.32 Å². The molecule has 130 valence electrons. The fraction of sp³-hybridized carbons (Fsp3) is 0.556. The summed E-state index contributed by atoms with van der Waals surface area (Å²) in [5.41, 5.74) is 0.916. The predicted molar refractivity (Wildman–Crippen MR) is 90.3 cm³/mol. The smallest absolute Gasteiger partial charge is 0.321 e. The van der Waals surface area contributed by atoms with E-state index in [1.165, 1.54) is 0 Å². The number of fused-ring (bicyclic) bond motifs is 1. The standard InChI is InChI=1S/C18H24N2O4/c1-3-24-15-9-12(2)6-7-14(15)19-17(23)20-10-13-5-4-8-18(13,11-20)16(21)22/h6-7,9,13H,3-5,8,10-11H2,1-2H3,(H,19,23)(H,21,22)/t13-,18+/m0/s1. The van der Waals surface area contributed by atoms with Crippen molar-refractivity contribution in [2.45, 2.75) is 33.1 Å². The van der Waals surface area contributed by atoms with Gasteiger partial charge in [0, 0.05) is 13.1 Å². The van der Waals surface area contributed by atoms with Crippen LogP contribution in [0.1, 0.15) is 31.7 Å². The third-order valence-corrected chi connectivity index (χ3v) is 5.26. The van der Waals surface area contributed by atoms with Crippen molar-refractivity contribution in [3.63, 3.8) is 0 Å². The first-order chi connectivity index (χ1) is 11.5. The van der Waals surface area contributed by atoms with Crippen LogP contribution < -0.4 is 10.1 Å². The van der Waals surface area contributed by atoms with Crippen LogP contribution in [0.15, 0.2) is 18.2 Å². The van der Waals surface area contributed by atoms with Crippen molar-refractivity contribution in [2.75, 3.05) is 25.0 Å². The average Bonchev–Trinajstić information content (AvgIpc) is 3.08. The van der Waals surface area contributed by atoms with E-state index in [0.717, 1.165) is 18.4 Å². The van der Waals surface area contributed by atoms with Crippen LogP contribution >= 0.6 is 0 Å². The lowest BCUT2D eigenvalue weighted by Gasteiger charge is -2.23. The molecule has 3 rings (SSSR count). The Balaban J connectivity index is 1.74. The van der Waals surface area contributed by atoms with Crippen LogP contribution in [0.5, 0.6) is 5.75 Å². The van der Waals surface area contributed by atoms with Crippen LogP contribution in [-0.2, 0) is 4.79 Å². The molecule has 6 nitrogen and oxygen atoms in total. The molecule has 0 aromatic heterocycles. The number of rotatable bonds is 4. The highest BCUT2D eigenvalue weighted by Crippen LogP contribution is 2.49. The minimum absolute atomic E-state index is 0.0603. The summed E-state index contributed by atoms with van der Waals surface area (Å²) in [4.78, 5) is 26.0. The molecule has 2 amide bonds. The maximum Gasteiger partial charge on any atom is 0.321 e. The first-order valence-electron chi connectivity index (χ1n) is 8.49. The van der Waals surface area contributed by atoms with Crippen LogP contribution in [0.25, 0.3) is 0 Å². The molecule has 0 unspecified atom stereocenters. The van der Waals surface area contributed by atoms with Crippen LogP contribution in [0.4, 0.5) is 10.5 Å². The lowest BCUT2D eigenvalue weighted by Crippen LogP contribution is -2.38. The SMILES string of the molecule is CCOc1cc(C)ccc1NC(=O)N1C[C@@H]2CCC[C@@]2(C(=O)O)C1. The van der Waals surface area contributed by atoms with Gasteiger partial charge in [-0.15, -0.1) is 0 Å². The second kappa shape index (κ2) is 6.34. The molecule has 1 saturated carbocycles. The molecule has 1 aromatic carbocycles. The number of carbonyl (C=O) groups excluding carboxylic acids is 1. The first-order valence-corrected chi connectivity index (χ1v) is 8.49. The third kappa shape index (κ3) is 2.81. The molecule has 0 spiro atoms. The average molecular weight is 332 g/mol. The van der Waals surface area contributed by atoms with Gasteiger partial charge in [-0.1, -0.05) is 12.5 Å². The van der Waals surface area contributed by atoms with E-state index in [9.17, 15) is 14.7 Å². The number of benzene rings is 1. The summed E-state index contributed by atoms with van der Waals surface area (Å²) in [6, 6.07) is 5.36. The molecule has 2 aliphatic rings. The number of ether oxygens (including phenoxy) is 1. The Kier molecular flexibility index (Phi) is 4.39. The summed E-state index contributed by atoms with van der Waals surface area (Å²) in [5, 5.41) is 12.5. The summed E-state index contributed by atoms with van der Waals surface area (Å²) in [5.74, 6) is -0.0750. The molecule has 1 aliphatic carbocycles. The number of hydrogen-bond donors (Lipinski definition) is 2. The molecule has 2 atom stereocenters. The van der Waals surface area contributed by atoms with Gasteiger partial charge in [-0.25, -0.2) is 4.79 Å². The zero-order chi connectivity index (χ0) is 17.3. The highest BCUT2D eigenvalue weighted by Gasteiger charge is 2.55. The summed E-state index contributed by atoms with van der Waals surface area (Å²) in [6.45, 7) is 5.17. The normalized spacial score (nSPS) is 25.4. The molecule has 1 heterocycles. The number of carboxylic acids is 1. The lowest BCUT2D eigenvalue weighted by molar-refractivity contribution is -0.149. The van der Waals surface area contributed by atoms with E-state index in [1.54, 1.807) is 4.90 Å². The van der Waals surface area contributed by atoms with Gasteiger partial charge in [0.25, 0.3) is 0 Å². The molecule has 6 heteroatoms. The first kappa shape index (κ1) is 16.6. The zero-order valence-corrected chi connectivity index (χ0v) is 14.2. The number of nitrogens with zero attached hydrogens (tertiary/aromatic N) is 1. The Hall–Kier alpha value is -2.24. The van der Waals surface area contributed by atoms with Gasteiger partial charge in [-0.2, -0.15) is 0 Å². The van der Waals surface area contributed by atoms with Gasteiger partial charge >= 0.3 is 12.0 Å². The van der Waals surface area contributed by atoms with Crippen molar-refractivity contribution in [2.24, 2.45) is 11.3 Å². The van der Waals surface area contributed by atoms with E-state index in [4.69, 9.17) is 4.74 Å². The van der Waals surface area contributed by atoms with E-state index >= 15 is 0 Å². The monoisotopic (exact) mass is 332 g/mol. The molecule has 0 radical (unpaired) electrons. The number of amides is 2. The number of nitrogens with one attached hydrogen (secondary N) is 1. The van der Waals surface area contributed by atoms with Gasteiger partial charge in [0.1, 0.15) is 5.75 Å². The molecule has 0 bridgehead atoms. The van der Waals surface area contributed by atoms with Crippen molar-refractivity contribution in [1.29, 1.82) is 0 Å². The third-order valence-electron chi connectivity index (χ3n) is 5.26. The van der Waals surface area contributed by atoms with Crippen LogP contribution in [0.3, 0.4) is 0 Å². The molecule has 1 saturated heterocycles. The number of urea groups is 1. The number of aliphatic carboxylic acids is 1. The highest BCUT2D eigenvalue weighted by molar-refractivity contribution is 5.92. The number of carboxylic acid groups (broad SMARTS) is 1. The fourth-order valence-electron chi connectivity index (χ4n) is 4.00. The predicted octanol–water partition coefficient (Wildman–Crippen LogP) is 3.11. The summed E-state index contributed by atoms with van der Waals surface area (Å²) < 4.78 is 5.59. The second-order valence-corrected chi connectivity index (χ2v) is 6.79. The number of likely N-dealkylation sites (tertiary alicyclic amines) is 1. The van der Waals surface area contributed by atoms with Crippen molar-refractivity contribution in [3.05, 3.63) is 23.8 Å². The molecule has 2 fully saturated rings. The Bertz CT molecular complexity index is 660. The molecular weight excluding hydrogens is 308 g/mol. The number of aryl methyl sites for hydroxylation is 1. The van der Waals surface area contributed by atoms with E-state index in [0.29, 0.717) is 31.0 Å². The molecule has 2 N–H and O–H groups in total. The van der Waals surface area contributed by atoms with Gasteiger partial charge in [0.15, 0.2) is 0 Å². The minimum atomic E-state index is -0.773. The topological polar surface area (TPSA) is 78.9 Å². The summed E-state index contributed by atoms with van der Waals surface area (Å²) in [7, 11) is 0. The second-order valence-electron chi connectivity index (χ2n) is 6.79. The van der Waals surface area contributed by atoms with E-state index in [1.807, 2.05) is 32.0 Å². The largest absolute Gasteiger partial charge is 0.492 e. The molecule has 1 aliphatic heterocycles. The fourth-order valence-corrected chi connectivity index (χ4v) is 4.00. The van der Waals surface area contributed by atoms with Gasteiger partial charge in [-0.3, -0.25) is 4.79 Å². The van der Waals surface area contributed by atoms with Gasteiger partial charge in [0.2, 0.25) is 0 Å². The number of carbonyl (C=O) groups is 2. The maximum absolute atomic E-state index is 12.6. The van der Waals surface area contributed by atoms with E-state index < -0.39 is 11.4 Å². The van der Waals surface area contributed by atoms with Crippen LogP contribution in [0.2, 0.25) is 0 Å². The molecule has 24 heavy (non-hydrogen) atoms. The summed E-state index contributed by atoms with van der Waals surface area (Å²) >= 11 is 0. The minimum Gasteiger partial charge on any atom is -0.492 e. The Labute approximate surface area is 141 Å². The van der Waals surface area contributed by atoms with Crippen molar-refractivity contribution >= 4 is 17.7 Å². The van der Waals surface area contributed by atoms with Crippen LogP contribution in [0, 0.1) is 18.3 Å². The maximum atomic E-state index is 12.6. The van der Waals surface area contributed by atoms with Gasteiger partial charge < -0.3 is 20.1 Å². The molecular formula is C18H24N2O4. The number of hydrogen-bond acceptors (Lipinski definition) is 3. The van der Waals surface area contributed by atoms with Crippen molar-refractivity contribution < 1.29 is 19.4 Å². The quantitative estimate of drug-likeness (QED) is 0.888. The van der Waals surface area contributed by atoms with Crippen molar-refractivity contribution in [1.82, 2.24) is 4.90 Å². The zero-order valence-electron chi connectivity index (χ0n) is 14.2. The Morgan fingerprint density at radius 1 is 1.46 bits per heavy atom. The highest BCUT2D eigenvalue weighted by atomic mass is 16.5. The Morgan fingerprint density at radius 2 is 2.25 bits per heavy atom. The van der Waals surface area contributed by atoms with Gasteiger partial charge in [-0.05, 0) is 50.3 Å². The van der Waals surface area contributed by atoms with Crippen LogP contribution in [-0.4, -0.2) is 41.7 Å². The Morgan fingerprint density at radius 3 is 2.92 bits per heavy atom. The number of anilines is 1. The van der Waals surface area contributed by atoms with Gasteiger partial charge in [0.05, 0.1) is 17.7 Å². The van der Waals surface area contributed by atoms with E-state index in [-0.39, 0.29) is 18.5 Å². The lowest BCUT2D eigenvalue weighted by atomic mass is 9.81.